The zero-order valence-corrected chi connectivity index (χ0v) is 12.3. The Hall–Kier alpha value is -1.71. The van der Waals surface area contributed by atoms with Crippen LogP contribution < -0.4 is 5.32 Å². The van der Waals surface area contributed by atoms with Gasteiger partial charge in [0.25, 0.3) is 0 Å². The van der Waals surface area contributed by atoms with Crippen LogP contribution in [0.1, 0.15) is 21.5 Å². The van der Waals surface area contributed by atoms with Crippen molar-refractivity contribution in [3.8, 4) is 0 Å². The SMILES string of the molecule is Cc1cc(C(=O)O)ccc1NCc1cc(Cl)ccc1Cl. The molecule has 3 nitrogen and oxygen atoms in total. The Morgan fingerprint density at radius 2 is 1.95 bits per heavy atom. The van der Waals surface area contributed by atoms with Gasteiger partial charge in [0, 0.05) is 22.3 Å². The van der Waals surface area contributed by atoms with Crippen molar-refractivity contribution in [3.63, 3.8) is 0 Å². The van der Waals surface area contributed by atoms with Crippen LogP contribution in [0.2, 0.25) is 10.0 Å². The van der Waals surface area contributed by atoms with Crippen molar-refractivity contribution in [3.05, 3.63) is 63.1 Å². The van der Waals surface area contributed by atoms with Gasteiger partial charge in [-0.15, -0.1) is 0 Å². The molecule has 0 amide bonds. The fourth-order valence-corrected chi connectivity index (χ4v) is 2.24. The first kappa shape index (κ1) is 14.7. The van der Waals surface area contributed by atoms with E-state index in [1.54, 1.807) is 36.4 Å². The van der Waals surface area contributed by atoms with Crippen LogP contribution in [0.25, 0.3) is 0 Å². The number of nitrogens with one attached hydrogen (secondary N) is 1. The maximum atomic E-state index is 10.9. The number of halogens is 2. The molecule has 0 saturated carbocycles. The molecule has 0 radical (unpaired) electrons. The van der Waals surface area contributed by atoms with E-state index in [2.05, 4.69) is 5.32 Å². The summed E-state index contributed by atoms with van der Waals surface area (Å²) in [6.07, 6.45) is 0. The minimum absolute atomic E-state index is 0.272. The van der Waals surface area contributed by atoms with Crippen molar-refractivity contribution < 1.29 is 9.90 Å². The highest BCUT2D eigenvalue weighted by Gasteiger charge is 2.06. The van der Waals surface area contributed by atoms with Crippen LogP contribution >= 0.6 is 23.2 Å². The molecule has 20 heavy (non-hydrogen) atoms. The molecule has 2 rings (SSSR count). The molecule has 5 heteroatoms. The molecule has 2 aromatic rings. The number of benzene rings is 2. The fraction of sp³-hybridized carbons (Fsp3) is 0.133. The number of anilines is 1. The molecule has 0 fully saturated rings. The van der Waals surface area contributed by atoms with E-state index in [9.17, 15) is 4.79 Å². The molecular weight excluding hydrogens is 297 g/mol. The van der Waals surface area contributed by atoms with Gasteiger partial charge in [0.05, 0.1) is 5.56 Å². The molecule has 0 heterocycles. The normalized spacial score (nSPS) is 10.3. The summed E-state index contributed by atoms with van der Waals surface area (Å²) in [4.78, 5) is 10.9. The van der Waals surface area contributed by atoms with Crippen LogP contribution in [-0.2, 0) is 6.54 Å². The number of hydrogen-bond acceptors (Lipinski definition) is 2. The Kier molecular flexibility index (Phi) is 4.53. The van der Waals surface area contributed by atoms with Gasteiger partial charge in [0.15, 0.2) is 0 Å². The highest BCUT2D eigenvalue weighted by molar-refractivity contribution is 6.33. The van der Waals surface area contributed by atoms with E-state index in [1.165, 1.54) is 0 Å². The van der Waals surface area contributed by atoms with E-state index in [-0.39, 0.29) is 5.56 Å². The monoisotopic (exact) mass is 309 g/mol. The van der Waals surface area contributed by atoms with Crippen molar-refractivity contribution in [1.82, 2.24) is 0 Å². The summed E-state index contributed by atoms with van der Waals surface area (Å²) < 4.78 is 0. The lowest BCUT2D eigenvalue weighted by molar-refractivity contribution is 0.0697. The van der Waals surface area contributed by atoms with E-state index in [1.807, 2.05) is 6.92 Å². The highest BCUT2D eigenvalue weighted by atomic mass is 35.5. The topological polar surface area (TPSA) is 49.3 Å². The van der Waals surface area contributed by atoms with Crippen molar-refractivity contribution >= 4 is 34.9 Å². The molecule has 2 N–H and O–H groups in total. The molecule has 2 aromatic carbocycles. The third-order valence-corrected chi connectivity index (χ3v) is 3.55. The summed E-state index contributed by atoms with van der Waals surface area (Å²) >= 11 is 12.0. The second-order valence-corrected chi connectivity index (χ2v) is 5.27. The van der Waals surface area contributed by atoms with Gasteiger partial charge in [-0.25, -0.2) is 4.79 Å². The van der Waals surface area contributed by atoms with Gasteiger partial charge in [0.2, 0.25) is 0 Å². The molecule has 0 saturated heterocycles. The predicted octanol–water partition coefficient (Wildman–Crippen LogP) is 4.61. The first-order valence-corrected chi connectivity index (χ1v) is 6.74. The third-order valence-electron chi connectivity index (χ3n) is 2.95. The van der Waals surface area contributed by atoms with E-state index >= 15 is 0 Å². The third kappa shape index (κ3) is 3.44. The lowest BCUT2D eigenvalue weighted by Gasteiger charge is -2.11. The Morgan fingerprint density at radius 3 is 2.60 bits per heavy atom. The summed E-state index contributed by atoms with van der Waals surface area (Å²) in [7, 11) is 0. The quantitative estimate of drug-likeness (QED) is 0.867. The van der Waals surface area contributed by atoms with Gasteiger partial charge in [-0.2, -0.15) is 0 Å². The number of carbonyl (C=O) groups is 1. The van der Waals surface area contributed by atoms with Crippen molar-refractivity contribution in [2.45, 2.75) is 13.5 Å². The zero-order valence-electron chi connectivity index (χ0n) is 10.8. The summed E-state index contributed by atoms with van der Waals surface area (Å²) in [6.45, 7) is 2.38. The molecular formula is C15H13Cl2NO2. The smallest absolute Gasteiger partial charge is 0.335 e. The van der Waals surface area contributed by atoms with Gasteiger partial charge in [0.1, 0.15) is 0 Å². The van der Waals surface area contributed by atoms with Gasteiger partial charge >= 0.3 is 5.97 Å². The average molecular weight is 310 g/mol. The van der Waals surface area contributed by atoms with Crippen LogP contribution in [0.3, 0.4) is 0 Å². The van der Waals surface area contributed by atoms with Crippen LogP contribution in [0, 0.1) is 6.92 Å². The van der Waals surface area contributed by atoms with Crippen LogP contribution in [0.5, 0.6) is 0 Å². The summed E-state index contributed by atoms with van der Waals surface area (Å²) in [6, 6.07) is 10.2. The first-order valence-electron chi connectivity index (χ1n) is 5.99. The van der Waals surface area contributed by atoms with Crippen molar-refractivity contribution in [2.75, 3.05) is 5.32 Å². The maximum absolute atomic E-state index is 10.9. The molecule has 0 aliphatic heterocycles. The maximum Gasteiger partial charge on any atom is 0.335 e. The number of aryl methyl sites for hydroxylation is 1. The Balaban J connectivity index is 2.15. The molecule has 0 spiro atoms. The minimum atomic E-state index is -0.933. The van der Waals surface area contributed by atoms with E-state index in [0.29, 0.717) is 16.6 Å². The highest BCUT2D eigenvalue weighted by Crippen LogP contribution is 2.23. The molecule has 0 aliphatic rings. The van der Waals surface area contributed by atoms with Gasteiger partial charge in [-0.05, 0) is 54.4 Å². The van der Waals surface area contributed by atoms with Crippen molar-refractivity contribution in [2.24, 2.45) is 0 Å². The van der Waals surface area contributed by atoms with Gasteiger partial charge < -0.3 is 10.4 Å². The molecule has 0 unspecified atom stereocenters. The largest absolute Gasteiger partial charge is 0.478 e. The van der Waals surface area contributed by atoms with E-state index in [0.717, 1.165) is 16.8 Å². The number of carboxylic acids is 1. The Labute approximate surface area is 127 Å². The second kappa shape index (κ2) is 6.16. The summed E-state index contributed by atoms with van der Waals surface area (Å²) in [5.41, 5.74) is 2.89. The summed E-state index contributed by atoms with van der Waals surface area (Å²) in [5, 5.41) is 13.4. The molecule has 104 valence electrons. The predicted molar refractivity (Wildman–Crippen MR) is 81.9 cm³/mol. The molecule has 0 aliphatic carbocycles. The lowest BCUT2D eigenvalue weighted by atomic mass is 10.1. The van der Waals surface area contributed by atoms with Gasteiger partial charge in [-0.3, -0.25) is 0 Å². The number of aromatic carboxylic acids is 1. The van der Waals surface area contributed by atoms with Crippen LogP contribution in [0.15, 0.2) is 36.4 Å². The standard InChI is InChI=1S/C15H13Cl2NO2/c1-9-6-10(15(19)20)2-5-14(9)18-8-11-7-12(16)3-4-13(11)17/h2-7,18H,8H2,1H3,(H,19,20). The zero-order chi connectivity index (χ0) is 14.7. The summed E-state index contributed by atoms with van der Waals surface area (Å²) in [5.74, 6) is -0.933. The number of rotatable bonds is 4. The molecule has 0 atom stereocenters. The average Bonchev–Trinajstić information content (AvgIpc) is 2.40. The van der Waals surface area contributed by atoms with Crippen LogP contribution in [-0.4, -0.2) is 11.1 Å². The Morgan fingerprint density at radius 1 is 1.20 bits per heavy atom. The Bertz CT molecular complexity index is 656. The van der Waals surface area contributed by atoms with Gasteiger partial charge in [-0.1, -0.05) is 23.2 Å². The van der Waals surface area contributed by atoms with E-state index < -0.39 is 5.97 Å². The molecule has 0 aromatic heterocycles. The number of hydrogen-bond donors (Lipinski definition) is 2. The first-order chi connectivity index (χ1) is 9.47. The van der Waals surface area contributed by atoms with E-state index in [4.69, 9.17) is 28.3 Å². The second-order valence-electron chi connectivity index (χ2n) is 4.42. The van der Waals surface area contributed by atoms with Crippen LogP contribution in [0.4, 0.5) is 5.69 Å². The molecule has 0 bridgehead atoms. The lowest BCUT2D eigenvalue weighted by Crippen LogP contribution is -2.03. The minimum Gasteiger partial charge on any atom is -0.478 e. The fourth-order valence-electron chi connectivity index (χ4n) is 1.86. The van der Waals surface area contributed by atoms with Crippen molar-refractivity contribution in [1.29, 1.82) is 0 Å². The number of carboxylic acid groups (broad SMARTS) is 1.